The molecule has 1 aromatic heterocycles. The van der Waals surface area contributed by atoms with E-state index in [0.29, 0.717) is 10.8 Å². The zero-order valence-corrected chi connectivity index (χ0v) is 17.6. The van der Waals surface area contributed by atoms with Crippen LogP contribution in [0.1, 0.15) is 48.2 Å². The zero-order chi connectivity index (χ0) is 20.8. The largest absolute Gasteiger partial charge is 0.483 e. The van der Waals surface area contributed by atoms with Crippen LogP contribution in [0.3, 0.4) is 0 Å². The van der Waals surface area contributed by atoms with Gasteiger partial charge < -0.3 is 10.1 Å². The maximum absolute atomic E-state index is 12.7. The van der Waals surface area contributed by atoms with Gasteiger partial charge in [0.25, 0.3) is 5.91 Å². The number of hydrogen-bond acceptors (Lipinski definition) is 3. The number of aryl methyl sites for hydroxylation is 1. The SMILES string of the molecule is Cc1cc(OCC(=O)NC(c2ccccc2)c2ccccn2)c(C(C)C)cc1Cl. The molecule has 150 valence electrons. The van der Waals surface area contributed by atoms with Crippen LogP contribution in [0.25, 0.3) is 0 Å². The second-order valence-corrected chi connectivity index (χ2v) is 7.66. The van der Waals surface area contributed by atoms with E-state index >= 15 is 0 Å². The molecule has 1 heterocycles. The van der Waals surface area contributed by atoms with Crippen LogP contribution in [0.5, 0.6) is 5.75 Å². The number of carbonyl (C=O) groups excluding carboxylic acids is 1. The molecule has 1 amide bonds. The van der Waals surface area contributed by atoms with Crippen LogP contribution in [0, 0.1) is 6.92 Å². The van der Waals surface area contributed by atoms with Gasteiger partial charge in [-0.2, -0.15) is 0 Å². The van der Waals surface area contributed by atoms with Crippen molar-refractivity contribution in [3.63, 3.8) is 0 Å². The molecular formula is C24H25ClN2O2. The maximum Gasteiger partial charge on any atom is 0.258 e. The summed E-state index contributed by atoms with van der Waals surface area (Å²) >= 11 is 6.26. The minimum absolute atomic E-state index is 0.0863. The van der Waals surface area contributed by atoms with Gasteiger partial charge in [-0.25, -0.2) is 0 Å². The smallest absolute Gasteiger partial charge is 0.258 e. The number of nitrogens with one attached hydrogen (secondary N) is 1. The van der Waals surface area contributed by atoms with E-state index in [2.05, 4.69) is 24.1 Å². The number of pyridine rings is 1. The highest BCUT2D eigenvalue weighted by Crippen LogP contribution is 2.32. The Balaban J connectivity index is 1.76. The van der Waals surface area contributed by atoms with Gasteiger partial charge in [-0.1, -0.05) is 61.8 Å². The topological polar surface area (TPSA) is 51.2 Å². The molecule has 29 heavy (non-hydrogen) atoms. The Hall–Kier alpha value is -2.85. The number of hydrogen-bond donors (Lipinski definition) is 1. The average Bonchev–Trinajstić information content (AvgIpc) is 2.73. The fraction of sp³-hybridized carbons (Fsp3) is 0.250. The van der Waals surface area contributed by atoms with Gasteiger partial charge >= 0.3 is 0 Å². The predicted molar refractivity (Wildman–Crippen MR) is 116 cm³/mol. The van der Waals surface area contributed by atoms with E-state index in [1.165, 1.54) is 0 Å². The standard InChI is InChI=1S/C24H25ClN2O2/c1-16(2)19-14-20(25)17(3)13-22(19)29-15-23(28)27-24(18-9-5-4-6-10-18)21-11-7-8-12-26-21/h4-14,16,24H,15H2,1-3H3,(H,27,28). The van der Waals surface area contributed by atoms with Gasteiger partial charge in [-0.3, -0.25) is 9.78 Å². The van der Waals surface area contributed by atoms with Gasteiger partial charge in [-0.15, -0.1) is 0 Å². The number of halogens is 1. The van der Waals surface area contributed by atoms with Crippen molar-refractivity contribution in [1.29, 1.82) is 0 Å². The lowest BCUT2D eigenvalue weighted by Crippen LogP contribution is -2.33. The summed E-state index contributed by atoms with van der Waals surface area (Å²) in [4.78, 5) is 17.1. The van der Waals surface area contributed by atoms with E-state index < -0.39 is 0 Å². The summed E-state index contributed by atoms with van der Waals surface area (Å²) in [7, 11) is 0. The Kier molecular flexibility index (Phi) is 6.89. The van der Waals surface area contributed by atoms with Crippen LogP contribution >= 0.6 is 11.6 Å². The Morgan fingerprint density at radius 3 is 2.48 bits per heavy atom. The van der Waals surface area contributed by atoms with Crippen molar-refractivity contribution in [2.45, 2.75) is 32.7 Å². The van der Waals surface area contributed by atoms with E-state index in [1.807, 2.05) is 67.6 Å². The van der Waals surface area contributed by atoms with Crippen LogP contribution in [-0.4, -0.2) is 17.5 Å². The van der Waals surface area contributed by atoms with Crippen molar-refractivity contribution in [2.24, 2.45) is 0 Å². The normalized spacial score (nSPS) is 11.9. The summed E-state index contributed by atoms with van der Waals surface area (Å²) in [6.07, 6.45) is 1.72. The Morgan fingerprint density at radius 2 is 1.83 bits per heavy atom. The summed E-state index contributed by atoms with van der Waals surface area (Å²) in [6, 6.07) is 18.9. The van der Waals surface area contributed by atoms with Crippen molar-refractivity contribution in [2.75, 3.05) is 6.61 Å². The fourth-order valence-corrected chi connectivity index (χ4v) is 3.28. The average molecular weight is 409 g/mol. The minimum atomic E-state index is -0.343. The molecule has 0 saturated carbocycles. The molecule has 3 rings (SSSR count). The van der Waals surface area contributed by atoms with Crippen molar-refractivity contribution in [1.82, 2.24) is 10.3 Å². The molecule has 1 N–H and O–H groups in total. The lowest BCUT2D eigenvalue weighted by atomic mass is 10.0. The molecule has 0 saturated heterocycles. The highest BCUT2D eigenvalue weighted by Gasteiger charge is 2.19. The lowest BCUT2D eigenvalue weighted by Gasteiger charge is -2.20. The molecule has 5 heteroatoms. The third kappa shape index (κ3) is 5.36. The Morgan fingerprint density at radius 1 is 1.10 bits per heavy atom. The maximum atomic E-state index is 12.7. The van der Waals surface area contributed by atoms with E-state index in [1.54, 1.807) is 6.20 Å². The van der Waals surface area contributed by atoms with E-state index in [4.69, 9.17) is 16.3 Å². The summed E-state index contributed by atoms with van der Waals surface area (Å²) < 4.78 is 5.88. The molecular weight excluding hydrogens is 384 g/mol. The van der Waals surface area contributed by atoms with Gasteiger partial charge in [0.05, 0.1) is 11.7 Å². The second kappa shape index (κ2) is 9.57. The molecule has 0 aliphatic heterocycles. The van der Waals surface area contributed by atoms with Gasteiger partial charge in [-0.05, 0) is 53.8 Å². The molecule has 2 aromatic carbocycles. The number of aromatic nitrogens is 1. The first-order chi connectivity index (χ1) is 14.0. The number of carbonyl (C=O) groups is 1. The number of rotatable bonds is 7. The van der Waals surface area contributed by atoms with Crippen molar-refractivity contribution in [3.8, 4) is 5.75 Å². The van der Waals surface area contributed by atoms with Crippen molar-refractivity contribution >= 4 is 17.5 Å². The van der Waals surface area contributed by atoms with Crippen LogP contribution in [0.15, 0.2) is 66.9 Å². The Labute approximate surface area is 176 Å². The van der Waals surface area contributed by atoms with Crippen molar-refractivity contribution < 1.29 is 9.53 Å². The number of benzene rings is 2. The molecule has 4 nitrogen and oxygen atoms in total. The third-order valence-electron chi connectivity index (χ3n) is 4.69. The number of nitrogens with zero attached hydrogens (tertiary/aromatic N) is 1. The molecule has 0 aliphatic rings. The predicted octanol–water partition coefficient (Wildman–Crippen LogP) is 5.45. The molecule has 0 radical (unpaired) electrons. The first-order valence-electron chi connectivity index (χ1n) is 9.63. The van der Waals surface area contributed by atoms with E-state index in [-0.39, 0.29) is 24.5 Å². The number of ether oxygens (including phenoxy) is 1. The van der Waals surface area contributed by atoms with Crippen molar-refractivity contribution in [3.05, 3.63) is 94.3 Å². The molecule has 3 aromatic rings. The summed E-state index contributed by atoms with van der Waals surface area (Å²) in [6.45, 7) is 5.98. The van der Waals surface area contributed by atoms with E-state index in [0.717, 1.165) is 22.4 Å². The number of amides is 1. The first-order valence-corrected chi connectivity index (χ1v) is 10.0. The molecule has 0 bridgehead atoms. The molecule has 1 atom stereocenters. The molecule has 0 aliphatic carbocycles. The fourth-order valence-electron chi connectivity index (χ4n) is 3.11. The second-order valence-electron chi connectivity index (χ2n) is 7.25. The summed E-state index contributed by atoms with van der Waals surface area (Å²) in [5.41, 5.74) is 3.64. The zero-order valence-electron chi connectivity index (χ0n) is 16.9. The first kappa shape index (κ1) is 20.9. The van der Waals surface area contributed by atoms with Crippen LogP contribution in [0.2, 0.25) is 5.02 Å². The van der Waals surface area contributed by atoms with Crippen LogP contribution < -0.4 is 10.1 Å². The van der Waals surface area contributed by atoms with Gasteiger partial charge in [0.2, 0.25) is 0 Å². The third-order valence-corrected chi connectivity index (χ3v) is 5.10. The lowest BCUT2D eigenvalue weighted by molar-refractivity contribution is -0.123. The molecule has 1 unspecified atom stereocenters. The van der Waals surface area contributed by atoms with E-state index in [9.17, 15) is 4.79 Å². The summed E-state index contributed by atoms with van der Waals surface area (Å²) in [5, 5.41) is 3.74. The van der Waals surface area contributed by atoms with Crippen LogP contribution in [0.4, 0.5) is 0 Å². The van der Waals surface area contributed by atoms with Gasteiger partial charge in [0.15, 0.2) is 6.61 Å². The molecule has 0 spiro atoms. The Bertz CT molecular complexity index is 920. The minimum Gasteiger partial charge on any atom is -0.483 e. The quantitative estimate of drug-likeness (QED) is 0.565. The summed E-state index contributed by atoms with van der Waals surface area (Å²) in [5.74, 6) is 0.703. The van der Waals surface area contributed by atoms with Gasteiger partial charge in [0.1, 0.15) is 5.75 Å². The van der Waals surface area contributed by atoms with Crippen LogP contribution in [-0.2, 0) is 4.79 Å². The van der Waals surface area contributed by atoms with Gasteiger partial charge in [0, 0.05) is 11.2 Å². The highest BCUT2D eigenvalue weighted by atomic mass is 35.5. The highest BCUT2D eigenvalue weighted by molar-refractivity contribution is 6.31. The monoisotopic (exact) mass is 408 g/mol. The molecule has 0 fully saturated rings.